The predicted octanol–water partition coefficient (Wildman–Crippen LogP) is -0.303. The van der Waals surface area contributed by atoms with Crippen LogP contribution in [0, 0.1) is 0 Å². The average molecular weight is 264 g/mol. The van der Waals surface area contributed by atoms with Crippen molar-refractivity contribution < 1.29 is 29.0 Å². The molecule has 0 saturated carbocycles. The van der Waals surface area contributed by atoms with Crippen LogP contribution in [0.3, 0.4) is 0 Å². The van der Waals surface area contributed by atoms with Gasteiger partial charge in [-0.2, -0.15) is 0 Å². The number of methoxy groups -OCH3 is 2. The third-order valence-corrected chi connectivity index (χ3v) is 1.98. The molecule has 0 saturated heterocycles. The van der Waals surface area contributed by atoms with Crippen LogP contribution in [0.2, 0.25) is 0 Å². The molecule has 0 spiro atoms. The van der Waals surface area contributed by atoms with Gasteiger partial charge in [-0.1, -0.05) is 0 Å². The molecule has 0 aromatic carbocycles. The van der Waals surface area contributed by atoms with E-state index in [1.165, 1.54) is 12.0 Å². The van der Waals surface area contributed by atoms with E-state index in [1.54, 1.807) is 7.11 Å². The lowest BCUT2D eigenvalue weighted by Crippen LogP contribution is -2.43. The molecule has 0 aromatic heterocycles. The van der Waals surface area contributed by atoms with Crippen LogP contribution in [0.25, 0.3) is 0 Å². The van der Waals surface area contributed by atoms with E-state index in [0.717, 1.165) is 0 Å². The number of amides is 2. The molecule has 0 heterocycles. The second-order valence-corrected chi connectivity index (χ2v) is 3.42. The minimum absolute atomic E-state index is 0.388. The minimum Gasteiger partial charge on any atom is -0.479 e. The van der Waals surface area contributed by atoms with Gasteiger partial charge in [-0.3, -0.25) is 4.84 Å². The standard InChI is InChI=1S/C10H20N2O6/c1-16-6-3-4-12(5-7-17-2)10(15)11-18-8-9(13)14/h3-8H2,1-2H3,(H,11,15)(H,13,14). The number of nitrogens with one attached hydrogen (secondary N) is 1. The van der Waals surface area contributed by atoms with Gasteiger partial charge < -0.3 is 19.5 Å². The van der Waals surface area contributed by atoms with Crippen LogP contribution in [0.1, 0.15) is 6.42 Å². The number of carbonyl (C=O) groups is 2. The van der Waals surface area contributed by atoms with E-state index >= 15 is 0 Å². The molecule has 2 N–H and O–H groups in total. The summed E-state index contributed by atoms with van der Waals surface area (Å²) in [5.41, 5.74) is 2.06. The average Bonchev–Trinajstić information content (AvgIpc) is 2.33. The van der Waals surface area contributed by atoms with Crippen molar-refractivity contribution in [3.05, 3.63) is 0 Å². The first-order valence-corrected chi connectivity index (χ1v) is 5.48. The van der Waals surface area contributed by atoms with Gasteiger partial charge in [0.1, 0.15) is 0 Å². The Morgan fingerprint density at radius 3 is 2.39 bits per heavy atom. The SMILES string of the molecule is COCCCN(CCOC)C(=O)NOCC(=O)O. The second-order valence-electron chi connectivity index (χ2n) is 3.42. The molecule has 2 amide bonds. The van der Waals surface area contributed by atoms with Gasteiger partial charge in [-0.15, -0.1) is 0 Å². The Balaban J connectivity index is 4.00. The summed E-state index contributed by atoms with van der Waals surface area (Å²) >= 11 is 0. The quantitative estimate of drug-likeness (QED) is 0.415. The van der Waals surface area contributed by atoms with Gasteiger partial charge in [0.05, 0.1) is 6.61 Å². The van der Waals surface area contributed by atoms with Gasteiger partial charge >= 0.3 is 12.0 Å². The number of rotatable bonds is 10. The van der Waals surface area contributed by atoms with Crippen LogP contribution < -0.4 is 5.48 Å². The van der Waals surface area contributed by atoms with Gasteiger partial charge in [-0.25, -0.2) is 15.1 Å². The number of carboxylic acid groups (broad SMARTS) is 1. The molecule has 0 rings (SSSR count). The molecule has 0 unspecified atom stereocenters. The van der Waals surface area contributed by atoms with Crippen LogP contribution in [-0.4, -0.2) is 69.1 Å². The van der Waals surface area contributed by atoms with E-state index in [4.69, 9.17) is 14.6 Å². The Bertz CT molecular complexity index is 249. The van der Waals surface area contributed by atoms with Crippen LogP contribution in [-0.2, 0) is 19.1 Å². The molecular weight excluding hydrogens is 244 g/mol. The largest absolute Gasteiger partial charge is 0.479 e. The molecule has 0 radical (unpaired) electrons. The number of hydroxylamine groups is 1. The highest BCUT2D eigenvalue weighted by molar-refractivity contribution is 5.73. The predicted molar refractivity (Wildman–Crippen MR) is 62.1 cm³/mol. The highest BCUT2D eigenvalue weighted by atomic mass is 16.7. The second kappa shape index (κ2) is 10.8. The zero-order valence-corrected chi connectivity index (χ0v) is 10.7. The zero-order chi connectivity index (χ0) is 13.8. The lowest BCUT2D eigenvalue weighted by molar-refractivity contribution is -0.144. The van der Waals surface area contributed by atoms with Gasteiger partial charge in [0, 0.05) is 33.9 Å². The van der Waals surface area contributed by atoms with Crippen molar-refractivity contribution in [1.29, 1.82) is 0 Å². The molecule has 0 bridgehead atoms. The first-order valence-electron chi connectivity index (χ1n) is 5.48. The van der Waals surface area contributed by atoms with Crippen molar-refractivity contribution in [2.24, 2.45) is 0 Å². The van der Waals surface area contributed by atoms with E-state index in [9.17, 15) is 9.59 Å². The van der Waals surface area contributed by atoms with Crippen molar-refractivity contribution in [2.45, 2.75) is 6.42 Å². The number of nitrogens with zero attached hydrogens (tertiary/aromatic N) is 1. The lowest BCUT2D eigenvalue weighted by atomic mass is 10.4. The van der Waals surface area contributed by atoms with Gasteiger partial charge in [0.2, 0.25) is 0 Å². The van der Waals surface area contributed by atoms with Crippen molar-refractivity contribution in [2.75, 3.05) is 47.1 Å². The first kappa shape index (κ1) is 16.6. The zero-order valence-electron chi connectivity index (χ0n) is 10.7. The fourth-order valence-corrected chi connectivity index (χ4v) is 1.14. The van der Waals surface area contributed by atoms with Gasteiger partial charge in [-0.05, 0) is 6.42 Å². The van der Waals surface area contributed by atoms with E-state index in [-0.39, 0.29) is 0 Å². The van der Waals surface area contributed by atoms with Crippen molar-refractivity contribution in [1.82, 2.24) is 10.4 Å². The summed E-state index contributed by atoms with van der Waals surface area (Å²) < 4.78 is 9.77. The Hall–Kier alpha value is -1.38. The minimum atomic E-state index is -1.15. The summed E-state index contributed by atoms with van der Waals surface area (Å²) in [5, 5.41) is 8.35. The van der Waals surface area contributed by atoms with E-state index in [2.05, 4.69) is 10.3 Å². The highest BCUT2D eigenvalue weighted by Gasteiger charge is 2.13. The van der Waals surface area contributed by atoms with Crippen LogP contribution in [0.5, 0.6) is 0 Å². The number of hydrogen-bond acceptors (Lipinski definition) is 5. The number of urea groups is 1. The summed E-state index contributed by atoms with van der Waals surface area (Å²) in [6, 6.07) is -0.496. The summed E-state index contributed by atoms with van der Waals surface area (Å²) in [4.78, 5) is 27.8. The number of aliphatic carboxylic acids is 1. The van der Waals surface area contributed by atoms with E-state index < -0.39 is 18.6 Å². The fourth-order valence-electron chi connectivity index (χ4n) is 1.14. The Morgan fingerprint density at radius 1 is 1.17 bits per heavy atom. The summed E-state index contributed by atoms with van der Waals surface area (Å²) in [7, 11) is 3.11. The van der Waals surface area contributed by atoms with E-state index in [0.29, 0.717) is 32.7 Å². The summed E-state index contributed by atoms with van der Waals surface area (Å²) in [6.45, 7) is 1.20. The van der Waals surface area contributed by atoms with Crippen molar-refractivity contribution in [3.8, 4) is 0 Å². The molecule has 0 aliphatic rings. The topological polar surface area (TPSA) is 97.3 Å². The monoisotopic (exact) mass is 264 g/mol. The molecule has 0 atom stereocenters. The molecule has 18 heavy (non-hydrogen) atoms. The van der Waals surface area contributed by atoms with Crippen LogP contribution in [0.15, 0.2) is 0 Å². The molecule has 0 aliphatic heterocycles. The third-order valence-electron chi connectivity index (χ3n) is 1.98. The molecule has 106 valence electrons. The lowest BCUT2D eigenvalue weighted by Gasteiger charge is -2.22. The normalized spacial score (nSPS) is 10.1. The Labute approximate surface area is 106 Å². The molecule has 0 fully saturated rings. The Morgan fingerprint density at radius 2 is 1.83 bits per heavy atom. The number of carboxylic acids is 1. The van der Waals surface area contributed by atoms with Crippen LogP contribution >= 0.6 is 0 Å². The van der Waals surface area contributed by atoms with Crippen molar-refractivity contribution >= 4 is 12.0 Å². The molecule has 8 nitrogen and oxygen atoms in total. The summed E-state index contributed by atoms with van der Waals surface area (Å²) in [5.74, 6) is -1.15. The Kier molecular flexibility index (Phi) is 9.93. The maximum atomic E-state index is 11.6. The van der Waals surface area contributed by atoms with Crippen molar-refractivity contribution in [3.63, 3.8) is 0 Å². The van der Waals surface area contributed by atoms with Crippen LogP contribution in [0.4, 0.5) is 4.79 Å². The molecule has 0 aliphatic carbocycles. The third kappa shape index (κ3) is 8.74. The molecule has 0 aromatic rings. The molecular formula is C10H20N2O6. The highest BCUT2D eigenvalue weighted by Crippen LogP contribution is 1.94. The maximum Gasteiger partial charge on any atom is 0.341 e. The maximum absolute atomic E-state index is 11.6. The number of ether oxygens (including phenoxy) is 2. The van der Waals surface area contributed by atoms with E-state index in [1.807, 2.05) is 0 Å². The smallest absolute Gasteiger partial charge is 0.341 e. The first-order chi connectivity index (χ1) is 8.61. The van der Waals surface area contributed by atoms with Gasteiger partial charge in [0.15, 0.2) is 6.61 Å². The fraction of sp³-hybridized carbons (Fsp3) is 0.800. The summed E-state index contributed by atoms with van der Waals surface area (Å²) in [6.07, 6.45) is 0.673. The number of carbonyl (C=O) groups excluding carboxylic acids is 1. The van der Waals surface area contributed by atoms with Gasteiger partial charge in [0.25, 0.3) is 0 Å². The number of hydrogen-bond donors (Lipinski definition) is 2. The molecule has 8 heteroatoms.